The van der Waals surface area contributed by atoms with Crippen molar-refractivity contribution in [3.05, 3.63) is 66.1 Å². The smallest absolute Gasteiger partial charge is 0.322 e. The molecule has 1 aromatic heterocycles. The highest BCUT2D eigenvalue weighted by atomic mass is 16.5. The average molecular weight is 420 g/mol. The number of ether oxygens (including phenoxy) is 1. The summed E-state index contributed by atoms with van der Waals surface area (Å²) in [5.74, 6) is 0.734. The van der Waals surface area contributed by atoms with Crippen molar-refractivity contribution in [1.82, 2.24) is 10.2 Å². The third kappa shape index (κ3) is 4.91. The molecule has 2 aromatic carbocycles. The molecule has 2 amide bonds. The third-order valence-corrected chi connectivity index (χ3v) is 5.15. The number of carbonyl (C=O) groups excluding carboxylic acids is 2. The Hall–Kier alpha value is -3.68. The Bertz CT molecular complexity index is 1050. The fourth-order valence-electron chi connectivity index (χ4n) is 3.43. The first-order chi connectivity index (χ1) is 15.0. The molecule has 160 valence electrons. The number of hydrogen-bond donors (Lipinski definition) is 1. The molecule has 0 aliphatic carbocycles. The number of nitrogens with one attached hydrogen (secondary N) is 1. The summed E-state index contributed by atoms with van der Waals surface area (Å²) in [6.07, 6.45) is 0.278. The molecule has 1 aliphatic rings. The molecular weight excluding hydrogens is 396 g/mol. The van der Waals surface area contributed by atoms with Crippen LogP contribution in [0.3, 0.4) is 0 Å². The molecule has 8 heteroatoms. The first-order valence-corrected chi connectivity index (χ1v) is 10.2. The third-order valence-electron chi connectivity index (χ3n) is 5.15. The molecule has 1 N–H and O–H groups in total. The van der Waals surface area contributed by atoms with E-state index < -0.39 is 5.91 Å². The van der Waals surface area contributed by atoms with Crippen LogP contribution in [-0.4, -0.2) is 35.2 Å². The monoisotopic (exact) mass is 420 g/mol. The summed E-state index contributed by atoms with van der Waals surface area (Å²) in [5, 5.41) is 10.4. The van der Waals surface area contributed by atoms with Crippen LogP contribution >= 0.6 is 0 Å². The van der Waals surface area contributed by atoms with Crippen LogP contribution in [0.2, 0.25) is 0 Å². The maximum atomic E-state index is 12.4. The zero-order chi connectivity index (χ0) is 21.8. The van der Waals surface area contributed by atoms with Gasteiger partial charge in [0.25, 0.3) is 5.91 Å². The molecule has 1 fully saturated rings. The van der Waals surface area contributed by atoms with Gasteiger partial charge in [-0.25, -0.2) is 0 Å². The summed E-state index contributed by atoms with van der Waals surface area (Å²) in [4.78, 5) is 26.2. The highest BCUT2D eigenvalue weighted by Crippen LogP contribution is 2.31. The Kier molecular flexibility index (Phi) is 5.97. The van der Waals surface area contributed by atoms with Crippen LogP contribution in [0.4, 0.5) is 11.7 Å². The number of amides is 2. The van der Waals surface area contributed by atoms with Gasteiger partial charge in [-0.15, -0.1) is 5.10 Å². The van der Waals surface area contributed by atoms with E-state index in [9.17, 15) is 9.59 Å². The Balaban J connectivity index is 1.31. The molecule has 0 spiro atoms. The molecule has 1 atom stereocenters. The normalized spacial score (nSPS) is 16.0. The first kappa shape index (κ1) is 20.6. The number of carbonyl (C=O) groups is 2. The van der Waals surface area contributed by atoms with E-state index in [0.29, 0.717) is 24.1 Å². The van der Waals surface area contributed by atoms with E-state index in [1.54, 1.807) is 4.90 Å². The van der Waals surface area contributed by atoms with Crippen LogP contribution < -0.4 is 15.0 Å². The first-order valence-electron chi connectivity index (χ1n) is 10.2. The van der Waals surface area contributed by atoms with E-state index >= 15 is 0 Å². The van der Waals surface area contributed by atoms with E-state index in [4.69, 9.17) is 9.15 Å². The minimum absolute atomic E-state index is 0.00290. The molecule has 0 saturated carbocycles. The van der Waals surface area contributed by atoms with E-state index in [-0.39, 0.29) is 30.9 Å². The van der Waals surface area contributed by atoms with Crippen LogP contribution in [0.5, 0.6) is 5.75 Å². The lowest BCUT2D eigenvalue weighted by atomic mass is 10.0. The molecule has 0 radical (unpaired) electrons. The fraction of sp³-hybridized carbons (Fsp3) is 0.304. The van der Waals surface area contributed by atoms with Gasteiger partial charge in [0.15, 0.2) is 6.61 Å². The van der Waals surface area contributed by atoms with Crippen molar-refractivity contribution >= 4 is 23.5 Å². The Labute approximate surface area is 180 Å². The van der Waals surface area contributed by atoms with E-state index in [1.165, 1.54) is 5.56 Å². The number of hydrogen-bond acceptors (Lipinski definition) is 6. The molecule has 2 heterocycles. The van der Waals surface area contributed by atoms with Gasteiger partial charge in [0, 0.05) is 18.7 Å². The number of para-hydroxylation sites is 1. The minimum Gasteiger partial charge on any atom is -0.484 e. The van der Waals surface area contributed by atoms with E-state index in [0.717, 1.165) is 5.69 Å². The largest absolute Gasteiger partial charge is 0.484 e. The van der Waals surface area contributed by atoms with Crippen LogP contribution in [0.1, 0.15) is 43.6 Å². The van der Waals surface area contributed by atoms with Gasteiger partial charge in [0.05, 0.1) is 5.92 Å². The highest BCUT2D eigenvalue weighted by molar-refractivity contribution is 5.96. The molecule has 0 bridgehead atoms. The molecule has 31 heavy (non-hydrogen) atoms. The molecule has 1 saturated heterocycles. The summed E-state index contributed by atoms with van der Waals surface area (Å²) in [6.45, 7) is 4.50. The second kappa shape index (κ2) is 8.99. The number of nitrogens with zero attached hydrogens (tertiary/aromatic N) is 3. The maximum absolute atomic E-state index is 12.4. The summed E-state index contributed by atoms with van der Waals surface area (Å²) < 4.78 is 11.1. The zero-order valence-corrected chi connectivity index (χ0v) is 17.4. The van der Waals surface area contributed by atoms with Gasteiger partial charge >= 0.3 is 6.01 Å². The number of aromatic nitrogens is 2. The SMILES string of the molecule is CC(C)c1ccc(OCC(=O)Nc2nnc([C@@H]3CC(=O)N(c4ccccc4)C3)o2)cc1. The molecule has 0 unspecified atom stereocenters. The van der Waals surface area contributed by atoms with Crippen molar-refractivity contribution in [2.24, 2.45) is 0 Å². The minimum atomic E-state index is -0.406. The molecule has 3 aromatic rings. The number of benzene rings is 2. The van der Waals surface area contributed by atoms with Crippen molar-refractivity contribution < 1.29 is 18.7 Å². The lowest BCUT2D eigenvalue weighted by Crippen LogP contribution is -2.24. The van der Waals surface area contributed by atoms with Crippen molar-refractivity contribution in [1.29, 1.82) is 0 Å². The van der Waals surface area contributed by atoms with Crippen molar-refractivity contribution in [2.75, 3.05) is 23.4 Å². The van der Waals surface area contributed by atoms with Crippen molar-refractivity contribution in [2.45, 2.75) is 32.1 Å². The number of anilines is 2. The average Bonchev–Trinajstić information content (AvgIpc) is 3.39. The van der Waals surface area contributed by atoms with E-state index in [1.807, 2.05) is 54.6 Å². The maximum Gasteiger partial charge on any atom is 0.322 e. The second-order valence-corrected chi connectivity index (χ2v) is 7.75. The van der Waals surface area contributed by atoms with Gasteiger partial charge in [0.1, 0.15) is 5.75 Å². The number of rotatable bonds is 7. The lowest BCUT2D eigenvalue weighted by Gasteiger charge is -2.15. The van der Waals surface area contributed by atoms with Crippen LogP contribution in [-0.2, 0) is 9.59 Å². The Morgan fingerprint density at radius 2 is 1.90 bits per heavy atom. The van der Waals surface area contributed by atoms with Crippen molar-refractivity contribution in [3.8, 4) is 5.75 Å². The Morgan fingerprint density at radius 3 is 2.61 bits per heavy atom. The summed E-state index contributed by atoms with van der Waals surface area (Å²) >= 11 is 0. The van der Waals surface area contributed by atoms with Gasteiger partial charge in [-0.3, -0.25) is 14.9 Å². The summed E-state index contributed by atoms with van der Waals surface area (Å²) in [7, 11) is 0. The van der Waals surface area contributed by atoms with Gasteiger partial charge < -0.3 is 14.1 Å². The van der Waals surface area contributed by atoms with Gasteiger partial charge in [-0.2, -0.15) is 0 Å². The standard InChI is InChI=1S/C23H24N4O4/c1-15(2)16-8-10-19(11-9-16)30-14-20(28)24-23-26-25-22(31-23)17-12-21(29)27(13-17)18-6-4-3-5-7-18/h3-11,15,17H,12-14H2,1-2H3,(H,24,26,28)/t17-/m1/s1. The van der Waals surface area contributed by atoms with Gasteiger partial charge in [-0.1, -0.05) is 49.3 Å². The fourth-order valence-corrected chi connectivity index (χ4v) is 3.43. The summed E-state index contributed by atoms with van der Waals surface area (Å²) in [5.41, 5.74) is 2.04. The predicted octanol–water partition coefficient (Wildman–Crippen LogP) is 3.73. The highest BCUT2D eigenvalue weighted by Gasteiger charge is 2.35. The molecule has 1 aliphatic heterocycles. The topological polar surface area (TPSA) is 97.6 Å². The van der Waals surface area contributed by atoms with Crippen LogP contribution in [0, 0.1) is 0 Å². The molecule has 8 nitrogen and oxygen atoms in total. The second-order valence-electron chi connectivity index (χ2n) is 7.75. The van der Waals surface area contributed by atoms with Crippen LogP contribution in [0.25, 0.3) is 0 Å². The molecular formula is C23H24N4O4. The zero-order valence-electron chi connectivity index (χ0n) is 17.4. The lowest BCUT2D eigenvalue weighted by molar-refractivity contribution is -0.118. The summed E-state index contributed by atoms with van der Waals surface area (Å²) in [6, 6.07) is 17.1. The Morgan fingerprint density at radius 1 is 1.16 bits per heavy atom. The van der Waals surface area contributed by atoms with Crippen molar-refractivity contribution in [3.63, 3.8) is 0 Å². The molecule has 4 rings (SSSR count). The van der Waals surface area contributed by atoms with Crippen LogP contribution in [0.15, 0.2) is 59.0 Å². The van der Waals surface area contributed by atoms with E-state index in [2.05, 4.69) is 29.4 Å². The quantitative estimate of drug-likeness (QED) is 0.625. The van der Waals surface area contributed by atoms with Gasteiger partial charge in [0.2, 0.25) is 11.8 Å². The van der Waals surface area contributed by atoms with Gasteiger partial charge in [-0.05, 0) is 35.7 Å². The predicted molar refractivity (Wildman–Crippen MR) is 115 cm³/mol.